The van der Waals surface area contributed by atoms with Crippen LogP contribution in [0.4, 0.5) is 0 Å². The molecule has 1 rings (SSSR count). The third-order valence-corrected chi connectivity index (χ3v) is 3.02. The van der Waals surface area contributed by atoms with Gasteiger partial charge < -0.3 is 0 Å². The van der Waals surface area contributed by atoms with Crippen molar-refractivity contribution >= 4 is 0 Å². The number of nitriles is 1. The first kappa shape index (κ1) is 11.5. The minimum absolute atomic E-state index is 0.268. The first-order chi connectivity index (χ1) is 6.39. The summed E-state index contributed by atoms with van der Waals surface area (Å²) in [5.41, 5.74) is 0.0474. The van der Waals surface area contributed by atoms with Crippen molar-refractivity contribution < 1.29 is 0 Å². The number of hydrogen-bond acceptors (Lipinski definition) is 2. The Morgan fingerprint density at radius 2 is 1.93 bits per heavy atom. The minimum atomic E-state index is -0.268. The number of rotatable bonds is 2. The summed E-state index contributed by atoms with van der Waals surface area (Å²) in [5, 5.41) is 12.7. The molecule has 1 saturated carbocycles. The van der Waals surface area contributed by atoms with Crippen molar-refractivity contribution in [2.45, 2.75) is 65.0 Å². The van der Waals surface area contributed by atoms with Gasteiger partial charge in [-0.1, -0.05) is 20.3 Å². The van der Waals surface area contributed by atoms with Crippen molar-refractivity contribution in [3.8, 4) is 6.07 Å². The first-order valence-electron chi connectivity index (χ1n) is 5.58. The van der Waals surface area contributed by atoms with Crippen LogP contribution in [0.1, 0.15) is 53.4 Å². The van der Waals surface area contributed by atoms with Crippen molar-refractivity contribution in [1.82, 2.24) is 5.32 Å². The van der Waals surface area contributed by atoms with E-state index < -0.39 is 0 Å². The fourth-order valence-electron chi connectivity index (χ4n) is 2.67. The second-order valence-corrected chi connectivity index (χ2v) is 5.69. The van der Waals surface area contributed by atoms with Gasteiger partial charge in [0.15, 0.2) is 0 Å². The van der Waals surface area contributed by atoms with Gasteiger partial charge in [0, 0.05) is 6.04 Å². The molecule has 1 N–H and O–H groups in total. The second-order valence-electron chi connectivity index (χ2n) is 5.69. The molecular formula is C12H22N2. The maximum Gasteiger partial charge on any atom is 0.107 e. The molecule has 1 aliphatic carbocycles. The van der Waals surface area contributed by atoms with Crippen LogP contribution in [0.15, 0.2) is 0 Å². The molecule has 2 nitrogen and oxygen atoms in total. The molecule has 0 heterocycles. The molecule has 0 spiro atoms. The van der Waals surface area contributed by atoms with Crippen molar-refractivity contribution in [1.29, 1.82) is 5.26 Å². The summed E-state index contributed by atoms with van der Waals surface area (Å²) in [4.78, 5) is 0. The molecule has 1 unspecified atom stereocenters. The largest absolute Gasteiger partial charge is 0.297 e. The zero-order valence-electron chi connectivity index (χ0n) is 9.85. The van der Waals surface area contributed by atoms with Gasteiger partial charge in [-0.3, -0.25) is 5.32 Å². The molecule has 2 heteroatoms. The zero-order chi connectivity index (χ0) is 10.8. The van der Waals surface area contributed by atoms with E-state index in [-0.39, 0.29) is 5.54 Å². The monoisotopic (exact) mass is 194 g/mol. The zero-order valence-corrected chi connectivity index (χ0v) is 9.85. The topological polar surface area (TPSA) is 35.8 Å². The summed E-state index contributed by atoms with van der Waals surface area (Å²) in [7, 11) is 0. The van der Waals surface area contributed by atoms with Crippen molar-refractivity contribution in [3.63, 3.8) is 0 Å². The molecule has 1 fully saturated rings. The van der Waals surface area contributed by atoms with E-state index in [1.165, 1.54) is 12.8 Å². The molecular weight excluding hydrogens is 172 g/mol. The highest BCUT2D eigenvalue weighted by molar-refractivity contribution is 5.11. The van der Waals surface area contributed by atoms with Crippen LogP contribution in [0.3, 0.4) is 0 Å². The Hall–Kier alpha value is -0.550. The van der Waals surface area contributed by atoms with E-state index in [2.05, 4.69) is 39.1 Å². The van der Waals surface area contributed by atoms with Gasteiger partial charge in [-0.2, -0.15) is 5.26 Å². The van der Waals surface area contributed by atoms with Crippen LogP contribution in [0.5, 0.6) is 0 Å². The maximum absolute atomic E-state index is 9.31. The molecule has 1 atom stereocenters. The minimum Gasteiger partial charge on any atom is -0.297 e. The lowest BCUT2D eigenvalue weighted by Crippen LogP contribution is -2.52. The summed E-state index contributed by atoms with van der Waals surface area (Å²) >= 11 is 0. The van der Waals surface area contributed by atoms with Crippen LogP contribution < -0.4 is 5.32 Å². The van der Waals surface area contributed by atoms with Crippen molar-refractivity contribution in [2.24, 2.45) is 5.41 Å². The summed E-state index contributed by atoms with van der Waals surface area (Å²) in [6.45, 7) is 8.75. The fraction of sp³-hybridized carbons (Fsp3) is 0.917. The molecule has 0 aliphatic heterocycles. The lowest BCUT2D eigenvalue weighted by atomic mass is 9.68. The van der Waals surface area contributed by atoms with Crippen LogP contribution in [0.25, 0.3) is 0 Å². The van der Waals surface area contributed by atoms with Crippen molar-refractivity contribution in [3.05, 3.63) is 0 Å². The van der Waals surface area contributed by atoms with Crippen molar-refractivity contribution in [2.75, 3.05) is 0 Å². The average molecular weight is 194 g/mol. The van der Waals surface area contributed by atoms with Gasteiger partial charge in [-0.05, 0) is 38.5 Å². The van der Waals surface area contributed by atoms with Gasteiger partial charge >= 0.3 is 0 Å². The summed E-state index contributed by atoms with van der Waals surface area (Å²) in [6, 6.07) is 2.89. The predicted octanol–water partition coefficient (Wildman–Crippen LogP) is 2.85. The molecule has 0 aromatic rings. The van der Waals surface area contributed by atoms with E-state index in [4.69, 9.17) is 0 Å². The van der Waals surface area contributed by atoms with Crippen LogP contribution in [-0.4, -0.2) is 11.6 Å². The van der Waals surface area contributed by atoms with E-state index in [0.29, 0.717) is 11.5 Å². The average Bonchev–Trinajstić information content (AvgIpc) is 2.01. The molecule has 0 amide bonds. The van der Waals surface area contributed by atoms with Crippen LogP contribution in [-0.2, 0) is 0 Å². The summed E-state index contributed by atoms with van der Waals surface area (Å²) in [5.74, 6) is 0. The van der Waals surface area contributed by atoms with Crippen LogP contribution in [0, 0.1) is 16.7 Å². The predicted molar refractivity (Wildman–Crippen MR) is 58.9 cm³/mol. The smallest absolute Gasteiger partial charge is 0.107 e. The maximum atomic E-state index is 9.31. The molecule has 1 aliphatic rings. The second kappa shape index (κ2) is 3.90. The molecule has 14 heavy (non-hydrogen) atoms. The Morgan fingerprint density at radius 1 is 1.29 bits per heavy atom. The van der Waals surface area contributed by atoms with Crippen LogP contribution in [0.2, 0.25) is 0 Å². The standard InChI is InChI=1S/C12H22N2/c1-10(2)14-12(9-13)7-5-6-11(3,4)8-12/h10,14H,5-8H2,1-4H3. The summed E-state index contributed by atoms with van der Waals surface area (Å²) < 4.78 is 0. The molecule has 0 bridgehead atoms. The highest BCUT2D eigenvalue weighted by atomic mass is 15.0. The Kier molecular flexibility index (Phi) is 3.21. The van der Waals surface area contributed by atoms with Gasteiger partial charge in [0.1, 0.15) is 5.54 Å². The molecule has 0 saturated heterocycles. The SMILES string of the molecule is CC(C)NC1(C#N)CCCC(C)(C)C1. The first-order valence-corrected chi connectivity index (χ1v) is 5.58. The fourth-order valence-corrected chi connectivity index (χ4v) is 2.67. The van der Waals surface area contributed by atoms with E-state index >= 15 is 0 Å². The van der Waals surface area contributed by atoms with Gasteiger partial charge in [-0.25, -0.2) is 0 Å². The highest BCUT2D eigenvalue weighted by Crippen LogP contribution is 2.40. The summed E-state index contributed by atoms with van der Waals surface area (Å²) in [6.07, 6.45) is 4.40. The molecule has 0 radical (unpaired) electrons. The third kappa shape index (κ3) is 2.72. The molecule has 0 aromatic heterocycles. The lowest BCUT2D eigenvalue weighted by molar-refractivity contribution is 0.151. The van der Waals surface area contributed by atoms with Crippen LogP contribution >= 0.6 is 0 Å². The number of hydrogen-bond donors (Lipinski definition) is 1. The Bertz CT molecular complexity index is 237. The highest BCUT2D eigenvalue weighted by Gasteiger charge is 2.40. The van der Waals surface area contributed by atoms with Gasteiger partial charge in [0.2, 0.25) is 0 Å². The van der Waals surface area contributed by atoms with Gasteiger partial charge in [0.05, 0.1) is 6.07 Å². The van der Waals surface area contributed by atoms with Gasteiger partial charge in [0.25, 0.3) is 0 Å². The van der Waals surface area contributed by atoms with E-state index in [9.17, 15) is 5.26 Å². The molecule has 80 valence electrons. The van der Waals surface area contributed by atoms with E-state index in [0.717, 1.165) is 12.8 Å². The third-order valence-electron chi connectivity index (χ3n) is 3.02. The Balaban J connectivity index is 2.75. The number of nitrogens with one attached hydrogen (secondary N) is 1. The quantitative estimate of drug-likeness (QED) is 0.733. The molecule has 0 aromatic carbocycles. The number of nitrogens with zero attached hydrogens (tertiary/aromatic N) is 1. The van der Waals surface area contributed by atoms with E-state index in [1.807, 2.05) is 0 Å². The Labute approximate surface area is 87.7 Å². The van der Waals surface area contributed by atoms with Gasteiger partial charge in [-0.15, -0.1) is 0 Å². The van der Waals surface area contributed by atoms with E-state index in [1.54, 1.807) is 0 Å². The normalized spacial score (nSPS) is 31.4. The lowest BCUT2D eigenvalue weighted by Gasteiger charge is -2.42. The Morgan fingerprint density at radius 3 is 2.36 bits per heavy atom.